The Balaban J connectivity index is 5.20. The van der Waals surface area contributed by atoms with Gasteiger partial charge in [-0.05, 0) is 0 Å². The lowest BCUT2D eigenvalue weighted by molar-refractivity contribution is -0.276. The number of carbonyl (C=O) groups excluding carboxylic acids is 2. The number of alkyl halides is 8. The van der Waals surface area contributed by atoms with Gasteiger partial charge in [0.25, 0.3) is 0 Å². The fourth-order valence-corrected chi connectivity index (χ4v) is 1.12. The first-order chi connectivity index (χ1) is 9.22. The van der Waals surface area contributed by atoms with Crippen molar-refractivity contribution in [1.82, 2.24) is 4.90 Å². The van der Waals surface area contributed by atoms with Gasteiger partial charge >= 0.3 is 30.2 Å². The molecule has 0 unspecified atom stereocenters. The van der Waals surface area contributed by atoms with E-state index in [0.29, 0.717) is 0 Å². The highest BCUT2D eigenvalue weighted by Gasteiger charge is 2.65. The number of rotatable bonds is 5. The Kier molecular flexibility index (Phi) is 5.94. The van der Waals surface area contributed by atoms with Crippen molar-refractivity contribution in [3.8, 4) is 0 Å². The molecule has 0 N–H and O–H groups in total. The van der Waals surface area contributed by atoms with Gasteiger partial charge in [0.05, 0.1) is 13.5 Å². The Labute approximate surface area is 112 Å². The summed E-state index contributed by atoms with van der Waals surface area (Å²) in [6, 6.07) is 0. The largest absolute Gasteiger partial charge is 0.469 e. The normalized spacial score (nSPS) is 13.0. The van der Waals surface area contributed by atoms with Gasteiger partial charge in [0.1, 0.15) is 6.54 Å². The molecule has 12 heteroatoms. The average molecular weight is 331 g/mol. The van der Waals surface area contributed by atoms with Gasteiger partial charge in [-0.3, -0.25) is 9.59 Å². The first-order valence-electron chi connectivity index (χ1n) is 5.10. The minimum atomic E-state index is -6.35. The van der Waals surface area contributed by atoms with Gasteiger partial charge in [-0.15, -0.1) is 0 Å². The summed E-state index contributed by atoms with van der Waals surface area (Å²) >= 11 is 0. The molecule has 0 aromatic rings. The highest BCUT2D eigenvalue weighted by molar-refractivity contribution is 5.85. The maximum atomic E-state index is 12.8. The van der Waals surface area contributed by atoms with Crippen LogP contribution in [0.5, 0.6) is 0 Å². The molecular formula is C9H9F8NO3. The fraction of sp³-hybridized carbons (Fsp3) is 0.778. The molecule has 0 aliphatic heterocycles. The van der Waals surface area contributed by atoms with Crippen LogP contribution in [0, 0.1) is 0 Å². The van der Waals surface area contributed by atoms with Crippen molar-refractivity contribution in [2.24, 2.45) is 0 Å². The predicted molar refractivity (Wildman–Crippen MR) is 50.3 cm³/mol. The second-order valence-corrected chi connectivity index (χ2v) is 3.74. The van der Waals surface area contributed by atoms with E-state index >= 15 is 0 Å². The van der Waals surface area contributed by atoms with E-state index in [2.05, 4.69) is 4.74 Å². The average Bonchev–Trinajstić information content (AvgIpc) is 2.30. The second-order valence-electron chi connectivity index (χ2n) is 3.74. The summed E-state index contributed by atoms with van der Waals surface area (Å²) in [6.45, 7) is -3.65. The number of nitrogens with zero attached hydrogens (tertiary/aromatic N) is 1. The van der Waals surface area contributed by atoms with Crippen LogP contribution in [0.25, 0.3) is 0 Å². The third-order valence-electron chi connectivity index (χ3n) is 2.10. The van der Waals surface area contributed by atoms with E-state index in [0.717, 1.165) is 7.11 Å². The Hall–Kier alpha value is -1.62. The molecule has 0 aromatic heterocycles. The van der Waals surface area contributed by atoms with Crippen LogP contribution in [0.15, 0.2) is 0 Å². The summed E-state index contributed by atoms with van der Waals surface area (Å²) < 4.78 is 102. The van der Waals surface area contributed by atoms with Crippen molar-refractivity contribution in [2.75, 3.05) is 20.2 Å². The summed E-state index contributed by atoms with van der Waals surface area (Å²) in [5.41, 5.74) is 0. The number of hydrogen-bond donors (Lipinski definition) is 0. The molecule has 0 saturated carbocycles. The molecular weight excluding hydrogens is 322 g/mol. The molecule has 0 aromatic carbocycles. The molecule has 0 bridgehead atoms. The first-order valence-corrected chi connectivity index (χ1v) is 5.10. The summed E-state index contributed by atoms with van der Waals surface area (Å²) in [6.07, 6.45) is -12.5. The van der Waals surface area contributed by atoms with Gasteiger partial charge in [-0.25, -0.2) is 0 Å². The Morgan fingerprint density at radius 3 is 1.81 bits per heavy atom. The SMILES string of the molecule is COC(=O)CCN(CC(F)(F)F)C(=O)C(F)(F)C(F)(F)F. The third-order valence-corrected chi connectivity index (χ3v) is 2.10. The summed E-state index contributed by atoms with van der Waals surface area (Å²) in [5, 5.41) is 0. The van der Waals surface area contributed by atoms with Crippen LogP contribution in [0.3, 0.4) is 0 Å². The van der Waals surface area contributed by atoms with Gasteiger partial charge < -0.3 is 9.64 Å². The minimum Gasteiger partial charge on any atom is -0.469 e. The summed E-state index contributed by atoms with van der Waals surface area (Å²) in [4.78, 5) is 20.9. The molecule has 0 heterocycles. The zero-order valence-corrected chi connectivity index (χ0v) is 10.3. The molecule has 4 nitrogen and oxygen atoms in total. The van der Waals surface area contributed by atoms with E-state index in [1.54, 1.807) is 0 Å². The molecule has 21 heavy (non-hydrogen) atoms. The smallest absolute Gasteiger partial charge is 0.463 e. The molecule has 0 aliphatic carbocycles. The van der Waals surface area contributed by atoms with Crippen LogP contribution >= 0.6 is 0 Å². The van der Waals surface area contributed by atoms with E-state index in [1.165, 1.54) is 0 Å². The van der Waals surface area contributed by atoms with Crippen LogP contribution in [0.4, 0.5) is 35.1 Å². The number of halogens is 8. The number of esters is 1. The van der Waals surface area contributed by atoms with Crippen molar-refractivity contribution in [3.63, 3.8) is 0 Å². The van der Waals surface area contributed by atoms with E-state index in [9.17, 15) is 44.7 Å². The van der Waals surface area contributed by atoms with Crippen molar-refractivity contribution in [1.29, 1.82) is 0 Å². The lowest BCUT2D eigenvalue weighted by Gasteiger charge is -2.28. The Bertz CT molecular complexity index is 389. The van der Waals surface area contributed by atoms with Crippen molar-refractivity contribution in [2.45, 2.75) is 24.7 Å². The van der Waals surface area contributed by atoms with E-state index < -0.39 is 54.6 Å². The standard InChI is InChI=1S/C9H9F8NO3/c1-21-5(19)2-3-18(4-7(10,11)12)6(20)8(13,14)9(15,16)17/h2-4H2,1H3. The van der Waals surface area contributed by atoms with E-state index in [1.807, 2.05) is 0 Å². The first kappa shape index (κ1) is 19.4. The van der Waals surface area contributed by atoms with Crippen molar-refractivity contribution < 1.29 is 49.4 Å². The quantitative estimate of drug-likeness (QED) is 0.573. The zero-order valence-electron chi connectivity index (χ0n) is 10.3. The molecule has 0 spiro atoms. The minimum absolute atomic E-state index is 0.787. The lowest BCUT2D eigenvalue weighted by atomic mass is 10.2. The van der Waals surface area contributed by atoms with Gasteiger partial charge in [0.15, 0.2) is 0 Å². The van der Waals surface area contributed by atoms with E-state index in [-0.39, 0.29) is 0 Å². The monoisotopic (exact) mass is 331 g/mol. The number of hydrogen-bond acceptors (Lipinski definition) is 3. The van der Waals surface area contributed by atoms with E-state index in [4.69, 9.17) is 0 Å². The fourth-order valence-electron chi connectivity index (χ4n) is 1.12. The predicted octanol–water partition coefficient (Wildman–Crippen LogP) is 2.14. The maximum absolute atomic E-state index is 12.8. The Morgan fingerprint density at radius 1 is 1.00 bits per heavy atom. The van der Waals surface area contributed by atoms with Gasteiger partial charge in [-0.1, -0.05) is 0 Å². The number of methoxy groups -OCH3 is 1. The summed E-state index contributed by atoms with van der Waals surface area (Å²) in [7, 11) is 0.822. The summed E-state index contributed by atoms with van der Waals surface area (Å²) in [5.74, 6) is -10.3. The van der Waals surface area contributed by atoms with Crippen molar-refractivity contribution in [3.05, 3.63) is 0 Å². The molecule has 0 saturated heterocycles. The zero-order chi connectivity index (χ0) is 17.1. The maximum Gasteiger partial charge on any atom is 0.463 e. The molecule has 0 aliphatic rings. The molecule has 0 fully saturated rings. The second kappa shape index (κ2) is 6.43. The molecule has 0 radical (unpaired) electrons. The molecule has 1 amide bonds. The lowest BCUT2D eigenvalue weighted by Crippen LogP contribution is -2.54. The van der Waals surface area contributed by atoms with Crippen LogP contribution in [0.2, 0.25) is 0 Å². The topological polar surface area (TPSA) is 46.6 Å². The molecule has 0 atom stereocenters. The van der Waals surface area contributed by atoms with Gasteiger partial charge in [0.2, 0.25) is 0 Å². The number of carbonyl (C=O) groups is 2. The number of ether oxygens (including phenoxy) is 1. The molecule has 0 rings (SSSR count). The highest BCUT2D eigenvalue weighted by Crippen LogP contribution is 2.37. The van der Waals surface area contributed by atoms with Gasteiger partial charge in [-0.2, -0.15) is 35.1 Å². The van der Waals surface area contributed by atoms with Crippen molar-refractivity contribution >= 4 is 11.9 Å². The highest BCUT2D eigenvalue weighted by atomic mass is 19.4. The van der Waals surface area contributed by atoms with Gasteiger partial charge in [0, 0.05) is 6.54 Å². The third kappa shape index (κ3) is 5.71. The van der Waals surface area contributed by atoms with Crippen LogP contribution in [0.1, 0.15) is 6.42 Å². The molecule has 124 valence electrons. The number of amides is 1. The van der Waals surface area contributed by atoms with Crippen LogP contribution < -0.4 is 0 Å². The Morgan fingerprint density at radius 2 is 1.48 bits per heavy atom. The van der Waals surface area contributed by atoms with Crippen LogP contribution in [-0.4, -0.2) is 55.3 Å². The van der Waals surface area contributed by atoms with Crippen LogP contribution in [-0.2, 0) is 14.3 Å².